The lowest BCUT2D eigenvalue weighted by Crippen LogP contribution is -2.53. The molecule has 11 heteroatoms. The van der Waals surface area contributed by atoms with E-state index in [2.05, 4.69) is 5.43 Å². The van der Waals surface area contributed by atoms with Gasteiger partial charge in [0.05, 0.1) is 41.0 Å². The number of hydrogen-bond acceptors (Lipinski definition) is 7. The summed E-state index contributed by atoms with van der Waals surface area (Å²) in [7, 11) is 1.56. The van der Waals surface area contributed by atoms with Gasteiger partial charge in [-0.1, -0.05) is 96.6 Å². The number of carbonyl (C=O) groups excluding carboxylic acids is 4. The van der Waals surface area contributed by atoms with Gasteiger partial charge in [-0.05, 0) is 84.3 Å². The molecule has 0 spiro atoms. The first-order chi connectivity index (χ1) is 26.1. The number of phenolic OH excluding ortho intramolecular Hbond substituents is 1. The normalized spacial score (nSPS) is 28.2. The van der Waals surface area contributed by atoms with Gasteiger partial charge >= 0.3 is 0 Å². The maximum Gasteiger partial charge on any atom is 0.260 e. The molecule has 5 aliphatic rings. The Morgan fingerprint density at radius 2 is 1.61 bits per heavy atom. The summed E-state index contributed by atoms with van der Waals surface area (Å²) in [6, 6.07) is 22.9. The van der Waals surface area contributed by atoms with Crippen molar-refractivity contribution in [3.05, 3.63) is 112 Å². The van der Waals surface area contributed by atoms with Crippen LogP contribution in [0.15, 0.2) is 90.5 Å². The predicted octanol–water partition coefficient (Wildman–Crippen LogP) is 8.18. The molecule has 2 N–H and O–H groups in total. The summed E-state index contributed by atoms with van der Waals surface area (Å²) in [6.45, 7) is 0. The number of allylic oxidation sites excluding steroid dienone is 2. The van der Waals surface area contributed by atoms with Gasteiger partial charge in [0.2, 0.25) is 11.8 Å². The number of aromatic hydroxyl groups is 1. The highest BCUT2D eigenvalue weighted by Gasteiger charge is 2.71. The number of benzene rings is 4. The fourth-order valence-electron chi connectivity index (χ4n) is 10.5. The minimum absolute atomic E-state index is 0.0286. The minimum Gasteiger partial charge on any atom is -0.508 e. The molecule has 9 rings (SSSR count). The van der Waals surface area contributed by atoms with E-state index >= 15 is 9.59 Å². The summed E-state index contributed by atoms with van der Waals surface area (Å²) in [5.74, 6) is -4.47. The Morgan fingerprint density at radius 3 is 2.35 bits per heavy atom. The molecule has 0 aromatic heterocycles. The molecular weight excluding hydrogens is 725 g/mol. The van der Waals surface area contributed by atoms with Crippen LogP contribution < -0.4 is 10.2 Å². The molecule has 276 valence electrons. The van der Waals surface area contributed by atoms with Crippen molar-refractivity contribution >= 4 is 63.3 Å². The summed E-state index contributed by atoms with van der Waals surface area (Å²) in [6.07, 6.45) is 7.10. The lowest BCUT2D eigenvalue weighted by Gasteiger charge is -2.51. The summed E-state index contributed by atoms with van der Waals surface area (Å²) < 4.78 is 5.51. The van der Waals surface area contributed by atoms with Gasteiger partial charge < -0.3 is 9.84 Å². The number of nitrogens with zero attached hydrogens (tertiary/aromatic N) is 2. The van der Waals surface area contributed by atoms with Crippen LogP contribution >= 0.6 is 23.2 Å². The highest BCUT2D eigenvalue weighted by atomic mass is 35.5. The third-order valence-corrected chi connectivity index (χ3v) is 13.3. The van der Waals surface area contributed by atoms with Crippen LogP contribution in [-0.2, 0) is 24.6 Å². The van der Waals surface area contributed by atoms with Crippen LogP contribution in [0.4, 0.5) is 5.69 Å². The number of phenols is 1. The first-order valence-electron chi connectivity index (χ1n) is 18.7. The fraction of sp³-hybridized carbons (Fsp3) is 0.349. The molecule has 6 atom stereocenters. The van der Waals surface area contributed by atoms with E-state index in [1.807, 2.05) is 48.5 Å². The summed E-state index contributed by atoms with van der Waals surface area (Å²) >= 11 is 12.8. The number of fused-ring (bicyclic) bond motifs is 5. The molecular formula is C43H39Cl2N3O6. The number of imide groups is 2. The van der Waals surface area contributed by atoms with Crippen LogP contribution in [0.2, 0.25) is 10.0 Å². The molecule has 4 aromatic carbocycles. The Bertz CT molecular complexity index is 2270. The summed E-state index contributed by atoms with van der Waals surface area (Å²) in [4.78, 5) is 61.1. The summed E-state index contributed by atoms with van der Waals surface area (Å²) in [5, 5.41) is 15.2. The van der Waals surface area contributed by atoms with Gasteiger partial charge in [0.25, 0.3) is 11.8 Å². The van der Waals surface area contributed by atoms with Crippen molar-refractivity contribution in [2.45, 2.75) is 62.3 Å². The first kappa shape index (κ1) is 34.9. The second-order valence-corrected chi connectivity index (χ2v) is 16.1. The Balaban J connectivity index is 1.28. The average Bonchev–Trinajstić information content (AvgIpc) is 3.57. The number of halogens is 2. The smallest absolute Gasteiger partial charge is 0.260 e. The zero-order chi connectivity index (χ0) is 37.5. The Kier molecular flexibility index (Phi) is 8.50. The van der Waals surface area contributed by atoms with E-state index in [0.29, 0.717) is 34.0 Å². The van der Waals surface area contributed by atoms with Crippen LogP contribution in [0.25, 0.3) is 10.8 Å². The number of hydrogen-bond donors (Lipinski definition) is 2. The van der Waals surface area contributed by atoms with Gasteiger partial charge in [-0.25, -0.2) is 0 Å². The lowest BCUT2D eigenvalue weighted by molar-refractivity contribution is -0.144. The van der Waals surface area contributed by atoms with E-state index in [4.69, 9.17) is 27.9 Å². The number of nitrogens with one attached hydrogen (secondary N) is 1. The molecule has 2 saturated heterocycles. The van der Waals surface area contributed by atoms with Gasteiger partial charge in [-0.15, -0.1) is 0 Å². The van der Waals surface area contributed by atoms with Gasteiger partial charge in [0, 0.05) is 22.5 Å². The highest BCUT2D eigenvalue weighted by Crippen LogP contribution is 2.65. The van der Waals surface area contributed by atoms with Crippen molar-refractivity contribution < 1.29 is 29.0 Å². The van der Waals surface area contributed by atoms with E-state index < -0.39 is 46.8 Å². The number of likely N-dealkylation sites (tertiary alicyclic amines) is 1. The Labute approximate surface area is 322 Å². The highest BCUT2D eigenvalue weighted by molar-refractivity contribution is 6.36. The number of hydrazine groups is 1. The maximum absolute atomic E-state index is 15.6. The van der Waals surface area contributed by atoms with Crippen LogP contribution in [0.5, 0.6) is 11.5 Å². The Morgan fingerprint density at radius 1 is 0.852 bits per heavy atom. The predicted molar refractivity (Wildman–Crippen MR) is 205 cm³/mol. The number of anilines is 1. The van der Waals surface area contributed by atoms with Crippen molar-refractivity contribution in [3.63, 3.8) is 0 Å². The molecule has 0 radical (unpaired) electrons. The van der Waals surface area contributed by atoms with Gasteiger partial charge in [0.15, 0.2) is 0 Å². The van der Waals surface area contributed by atoms with Crippen LogP contribution in [0.3, 0.4) is 0 Å². The lowest BCUT2D eigenvalue weighted by atomic mass is 9.48. The topological polar surface area (TPSA) is 116 Å². The second-order valence-electron chi connectivity index (χ2n) is 15.3. The maximum atomic E-state index is 15.6. The summed E-state index contributed by atoms with van der Waals surface area (Å²) in [5.41, 5.74) is 3.61. The molecule has 4 aromatic rings. The van der Waals surface area contributed by atoms with E-state index in [1.165, 1.54) is 6.07 Å². The third kappa shape index (κ3) is 5.04. The minimum atomic E-state index is -1.58. The number of ether oxygens (including phenoxy) is 1. The zero-order valence-corrected chi connectivity index (χ0v) is 31.1. The zero-order valence-electron chi connectivity index (χ0n) is 29.6. The van der Waals surface area contributed by atoms with Gasteiger partial charge in [-0.3, -0.25) is 29.5 Å². The second kappa shape index (κ2) is 13.2. The van der Waals surface area contributed by atoms with Crippen molar-refractivity contribution in [1.82, 2.24) is 9.91 Å². The van der Waals surface area contributed by atoms with E-state index in [9.17, 15) is 14.7 Å². The molecule has 2 heterocycles. The Hall–Kier alpha value is -4.86. The van der Waals surface area contributed by atoms with Crippen LogP contribution in [0.1, 0.15) is 62.0 Å². The van der Waals surface area contributed by atoms with E-state index in [-0.39, 0.29) is 35.0 Å². The number of methoxy groups -OCH3 is 1. The number of rotatable bonds is 6. The van der Waals surface area contributed by atoms with Crippen molar-refractivity contribution in [3.8, 4) is 11.5 Å². The fourth-order valence-corrected chi connectivity index (χ4v) is 10.9. The molecule has 4 amide bonds. The largest absolute Gasteiger partial charge is 0.508 e. The van der Waals surface area contributed by atoms with Crippen molar-refractivity contribution in [1.29, 1.82) is 0 Å². The van der Waals surface area contributed by atoms with Gasteiger partial charge in [-0.2, -0.15) is 5.01 Å². The molecule has 4 fully saturated rings. The standard InChI is InChI=1S/C43H39Cl2N3O6/c1-54-27-15-12-24(13-16-27)43-32(40(51)48(42(43)53)46-34-19-14-25(44)21-33(34)45)22-31-29(38(43)37-28-10-6-5-7-23(28)11-20-35(37)49)17-18-30-36(31)41(52)47(39(30)50)26-8-3-2-4-9-26/h5-7,10-17,19-21,26,30-32,36,38,46,49H,2-4,8-9,18,22H2,1H3. The van der Waals surface area contributed by atoms with Crippen molar-refractivity contribution in [2.75, 3.05) is 12.5 Å². The van der Waals surface area contributed by atoms with E-state index in [1.54, 1.807) is 42.3 Å². The SMILES string of the molecule is COc1ccc(C23C(=O)N(Nc4ccc(Cl)cc4Cl)C(=O)C2CC2C(=CCC4C(=O)N(C5CCCCC5)C(=O)C42)C3c2c(O)ccc3ccccc23)cc1. The molecule has 54 heavy (non-hydrogen) atoms. The van der Waals surface area contributed by atoms with E-state index in [0.717, 1.165) is 53.5 Å². The van der Waals surface area contributed by atoms with Crippen LogP contribution in [-0.4, -0.2) is 51.8 Å². The molecule has 2 aliphatic heterocycles. The number of amides is 4. The third-order valence-electron chi connectivity index (χ3n) is 12.8. The quantitative estimate of drug-likeness (QED) is 0.150. The monoisotopic (exact) mass is 763 g/mol. The van der Waals surface area contributed by atoms with Crippen molar-refractivity contribution in [2.24, 2.45) is 23.7 Å². The first-order valence-corrected chi connectivity index (χ1v) is 19.4. The molecule has 6 unspecified atom stereocenters. The molecule has 2 saturated carbocycles. The molecule has 3 aliphatic carbocycles. The average molecular weight is 765 g/mol. The van der Waals surface area contributed by atoms with Gasteiger partial charge in [0.1, 0.15) is 11.5 Å². The van der Waals surface area contributed by atoms with Crippen LogP contribution in [0, 0.1) is 23.7 Å². The number of carbonyl (C=O) groups is 4. The molecule has 0 bridgehead atoms. The molecule has 9 nitrogen and oxygen atoms in total.